The van der Waals surface area contributed by atoms with E-state index in [1.807, 2.05) is 0 Å². The summed E-state index contributed by atoms with van der Waals surface area (Å²) >= 11 is 4.87. The first kappa shape index (κ1) is 14.8. The van der Waals surface area contributed by atoms with Gasteiger partial charge in [0.05, 0.1) is 0 Å². The van der Waals surface area contributed by atoms with Gasteiger partial charge in [-0.1, -0.05) is 25.6 Å². The van der Waals surface area contributed by atoms with E-state index < -0.39 is 0 Å². The summed E-state index contributed by atoms with van der Waals surface area (Å²) in [6.07, 6.45) is 3.64. The molecule has 0 aliphatic heterocycles. The van der Waals surface area contributed by atoms with E-state index in [0.29, 0.717) is 10.7 Å². The summed E-state index contributed by atoms with van der Waals surface area (Å²) < 4.78 is 5.42. The third kappa shape index (κ3) is 3.93. The lowest BCUT2D eigenvalue weighted by Gasteiger charge is -2.38. The second kappa shape index (κ2) is 6.22. The summed E-state index contributed by atoms with van der Waals surface area (Å²) in [7, 11) is 0. The molecule has 2 rings (SSSR count). The number of rotatable bonds is 6. The van der Waals surface area contributed by atoms with Gasteiger partial charge in [-0.25, -0.2) is 0 Å². The highest BCUT2D eigenvalue weighted by Gasteiger charge is 2.31. The molecule has 20 heavy (non-hydrogen) atoms. The number of nitrogens with one attached hydrogen (secondary N) is 1. The van der Waals surface area contributed by atoms with Gasteiger partial charge in [0.1, 0.15) is 10.7 Å². The van der Waals surface area contributed by atoms with Gasteiger partial charge in [0.15, 0.2) is 6.61 Å². The fraction of sp³-hybridized carbons (Fsp3) is 0.467. The fourth-order valence-corrected chi connectivity index (χ4v) is 2.32. The standard InChI is InChI=1S/C15H20N2O2S/c1-15(7-2-8-15)10-17-13(18)9-19-12-5-3-11(4-6-12)14(16)20/h3-6H,2,7-10H2,1H3,(H2,16,20)(H,17,18). The van der Waals surface area contributed by atoms with Crippen LogP contribution in [0.2, 0.25) is 0 Å². The van der Waals surface area contributed by atoms with Crippen molar-refractivity contribution < 1.29 is 9.53 Å². The zero-order chi connectivity index (χ0) is 14.6. The summed E-state index contributed by atoms with van der Waals surface area (Å²) in [4.78, 5) is 12.1. The van der Waals surface area contributed by atoms with Gasteiger partial charge in [0.2, 0.25) is 0 Å². The zero-order valence-corrected chi connectivity index (χ0v) is 12.5. The van der Waals surface area contributed by atoms with Crippen molar-refractivity contribution >= 4 is 23.1 Å². The Bertz CT molecular complexity index is 495. The van der Waals surface area contributed by atoms with Crippen LogP contribution in [-0.4, -0.2) is 24.0 Å². The van der Waals surface area contributed by atoms with Crippen LogP contribution in [0.5, 0.6) is 5.75 Å². The maximum absolute atomic E-state index is 11.7. The molecule has 1 amide bonds. The molecule has 0 spiro atoms. The summed E-state index contributed by atoms with van der Waals surface area (Å²) in [5, 5.41) is 2.92. The van der Waals surface area contributed by atoms with Crippen LogP contribution in [0.15, 0.2) is 24.3 Å². The molecule has 0 bridgehead atoms. The van der Waals surface area contributed by atoms with Gasteiger partial charge in [0.25, 0.3) is 5.91 Å². The molecule has 1 aromatic rings. The van der Waals surface area contributed by atoms with Crippen LogP contribution >= 0.6 is 12.2 Å². The Labute approximate surface area is 124 Å². The molecule has 1 aliphatic rings. The quantitative estimate of drug-likeness (QED) is 0.787. The molecule has 1 aliphatic carbocycles. The molecule has 5 heteroatoms. The number of ether oxygens (including phenoxy) is 1. The van der Waals surface area contributed by atoms with Gasteiger partial charge < -0.3 is 15.8 Å². The maximum Gasteiger partial charge on any atom is 0.257 e. The van der Waals surface area contributed by atoms with Crippen LogP contribution in [0, 0.1) is 5.41 Å². The largest absolute Gasteiger partial charge is 0.484 e. The molecule has 3 N–H and O–H groups in total. The van der Waals surface area contributed by atoms with Crippen molar-refractivity contribution in [1.82, 2.24) is 5.32 Å². The van der Waals surface area contributed by atoms with Gasteiger partial charge >= 0.3 is 0 Å². The summed E-state index contributed by atoms with van der Waals surface area (Å²) in [6.45, 7) is 2.96. The van der Waals surface area contributed by atoms with Crippen molar-refractivity contribution in [3.05, 3.63) is 29.8 Å². The number of thiocarbonyl (C=S) groups is 1. The maximum atomic E-state index is 11.7. The van der Waals surface area contributed by atoms with E-state index in [-0.39, 0.29) is 17.9 Å². The van der Waals surface area contributed by atoms with E-state index in [1.165, 1.54) is 19.3 Å². The van der Waals surface area contributed by atoms with Crippen molar-refractivity contribution in [1.29, 1.82) is 0 Å². The first-order valence-electron chi connectivity index (χ1n) is 6.78. The predicted molar refractivity (Wildman–Crippen MR) is 82.8 cm³/mol. The van der Waals surface area contributed by atoms with Crippen LogP contribution in [0.25, 0.3) is 0 Å². The number of hydrogen-bond donors (Lipinski definition) is 2. The molecule has 0 aromatic heterocycles. The minimum Gasteiger partial charge on any atom is -0.484 e. The highest BCUT2D eigenvalue weighted by atomic mass is 32.1. The lowest BCUT2D eigenvalue weighted by atomic mass is 9.70. The van der Waals surface area contributed by atoms with Crippen molar-refractivity contribution in [2.24, 2.45) is 11.1 Å². The number of nitrogens with two attached hydrogens (primary N) is 1. The van der Waals surface area contributed by atoms with E-state index in [1.54, 1.807) is 24.3 Å². The average molecular weight is 292 g/mol. The third-order valence-electron chi connectivity index (χ3n) is 3.78. The number of carbonyl (C=O) groups excluding carboxylic acids is 1. The summed E-state index contributed by atoms with van der Waals surface area (Å²) in [5.41, 5.74) is 6.58. The van der Waals surface area contributed by atoms with E-state index in [9.17, 15) is 4.79 Å². The minimum absolute atomic E-state index is 0.0303. The fourth-order valence-electron chi connectivity index (χ4n) is 2.18. The van der Waals surface area contributed by atoms with Crippen LogP contribution in [-0.2, 0) is 4.79 Å². The molecule has 0 radical (unpaired) electrons. The Hall–Kier alpha value is -1.62. The smallest absolute Gasteiger partial charge is 0.257 e. The zero-order valence-electron chi connectivity index (χ0n) is 11.6. The van der Waals surface area contributed by atoms with Gasteiger partial charge in [0, 0.05) is 12.1 Å². The Kier molecular flexibility index (Phi) is 4.60. The third-order valence-corrected chi connectivity index (χ3v) is 4.02. The molecule has 108 valence electrons. The molecule has 0 atom stereocenters. The molecular formula is C15H20N2O2S. The molecule has 0 saturated heterocycles. The van der Waals surface area contributed by atoms with Crippen molar-refractivity contribution in [2.45, 2.75) is 26.2 Å². The van der Waals surface area contributed by atoms with E-state index in [2.05, 4.69) is 12.2 Å². The van der Waals surface area contributed by atoms with Crippen LogP contribution < -0.4 is 15.8 Å². The van der Waals surface area contributed by atoms with E-state index in [0.717, 1.165) is 12.1 Å². The topological polar surface area (TPSA) is 64.3 Å². The molecule has 1 fully saturated rings. The Morgan fingerprint density at radius 1 is 1.40 bits per heavy atom. The highest BCUT2D eigenvalue weighted by Crippen LogP contribution is 2.39. The van der Waals surface area contributed by atoms with Gasteiger partial charge in [-0.15, -0.1) is 0 Å². The van der Waals surface area contributed by atoms with E-state index >= 15 is 0 Å². The lowest BCUT2D eigenvalue weighted by molar-refractivity contribution is -0.123. The van der Waals surface area contributed by atoms with Gasteiger partial charge in [-0.05, 0) is 42.5 Å². The van der Waals surface area contributed by atoms with Crippen molar-refractivity contribution in [3.8, 4) is 5.75 Å². The van der Waals surface area contributed by atoms with Crippen LogP contribution in [0.1, 0.15) is 31.7 Å². The van der Waals surface area contributed by atoms with Gasteiger partial charge in [-0.2, -0.15) is 0 Å². The lowest BCUT2D eigenvalue weighted by Crippen LogP contribution is -2.41. The van der Waals surface area contributed by atoms with Crippen LogP contribution in [0.4, 0.5) is 0 Å². The first-order chi connectivity index (χ1) is 9.48. The van der Waals surface area contributed by atoms with Crippen molar-refractivity contribution in [3.63, 3.8) is 0 Å². The van der Waals surface area contributed by atoms with Crippen LogP contribution in [0.3, 0.4) is 0 Å². The van der Waals surface area contributed by atoms with E-state index in [4.69, 9.17) is 22.7 Å². The normalized spacial score (nSPS) is 16.1. The summed E-state index contributed by atoms with van der Waals surface area (Å²) in [6, 6.07) is 7.08. The number of amides is 1. The highest BCUT2D eigenvalue weighted by molar-refractivity contribution is 7.80. The Morgan fingerprint density at radius 2 is 2.05 bits per heavy atom. The minimum atomic E-state index is -0.0865. The van der Waals surface area contributed by atoms with Crippen molar-refractivity contribution in [2.75, 3.05) is 13.2 Å². The predicted octanol–water partition coefficient (Wildman–Crippen LogP) is 2.01. The molecule has 0 unspecified atom stereocenters. The Balaban J connectivity index is 1.73. The molecule has 1 aromatic carbocycles. The summed E-state index contributed by atoms with van der Waals surface area (Å²) in [5.74, 6) is 0.548. The first-order valence-corrected chi connectivity index (χ1v) is 7.19. The van der Waals surface area contributed by atoms with Gasteiger partial charge in [-0.3, -0.25) is 4.79 Å². The second-order valence-electron chi connectivity index (χ2n) is 5.62. The Morgan fingerprint density at radius 3 is 2.55 bits per heavy atom. The monoisotopic (exact) mass is 292 g/mol. The average Bonchev–Trinajstić information content (AvgIpc) is 2.41. The number of carbonyl (C=O) groups is 1. The second-order valence-corrected chi connectivity index (χ2v) is 6.06. The molecule has 1 saturated carbocycles. The molecule has 0 heterocycles. The SMILES string of the molecule is CC1(CNC(=O)COc2ccc(C(N)=S)cc2)CCC1. The molecule has 4 nitrogen and oxygen atoms in total. The number of hydrogen-bond acceptors (Lipinski definition) is 3. The molecular weight excluding hydrogens is 272 g/mol. The number of benzene rings is 1.